The fraction of sp³-hybridized carbons (Fsp3) is 0.217. The van der Waals surface area contributed by atoms with E-state index < -0.39 is 18.0 Å². The van der Waals surface area contributed by atoms with E-state index in [1.807, 2.05) is 0 Å². The number of nitrogens with one attached hydrogen (secondary N) is 2. The molecular formula is C23H21F2N7O2. The highest BCUT2D eigenvalue weighted by atomic mass is 19.3. The van der Waals surface area contributed by atoms with E-state index in [4.69, 9.17) is 10.2 Å². The molecule has 0 aliphatic heterocycles. The van der Waals surface area contributed by atoms with Crippen LogP contribution in [-0.2, 0) is 0 Å². The minimum Gasteiger partial charge on any atom is -0.444 e. The average Bonchev–Trinajstić information content (AvgIpc) is 3.35. The molecule has 174 valence electrons. The molecule has 4 aromatic rings. The Kier molecular flexibility index (Phi) is 5.66. The molecule has 0 spiro atoms. The zero-order valence-electron chi connectivity index (χ0n) is 17.9. The maximum Gasteiger partial charge on any atom is 0.284 e. The van der Waals surface area contributed by atoms with Crippen LogP contribution in [0.25, 0.3) is 17.1 Å². The molecule has 4 N–H and O–H groups in total. The van der Waals surface area contributed by atoms with Gasteiger partial charge in [-0.05, 0) is 55.2 Å². The van der Waals surface area contributed by atoms with Gasteiger partial charge in [0.25, 0.3) is 12.3 Å². The van der Waals surface area contributed by atoms with Crippen molar-refractivity contribution in [2.75, 3.05) is 22.9 Å². The molecule has 0 bridgehead atoms. The number of halogens is 2. The van der Waals surface area contributed by atoms with Gasteiger partial charge in [0.05, 0.1) is 17.6 Å². The lowest BCUT2D eigenvalue weighted by Crippen LogP contribution is -2.13. The van der Waals surface area contributed by atoms with Crippen LogP contribution in [0.15, 0.2) is 59.5 Å². The van der Waals surface area contributed by atoms with Crippen LogP contribution in [0, 0.1) is 5.92 Å². The van der Waals surface area contributed by atoms with E-state index in [9.17, 15) is 13.6 Å². The lowest BCUT2D eigenvalue weighted by molar-refractivity contribution is 0.102. The fourth-order valence-corrected chi connectivity index (χ4v) is 3.33. The van der Waals surface area contributed by atoms with Gasteiger partial charge in [-0.15, -0.1) is 0 Å². The third-order valence-electron chi connectivity index (χ3n) is 5.37. The average molecular weight is 465 g/mol. The number of aromatic nitrogens is 4. The van der Waals surface area contributed by atoms with E-state index in [0.29, 0.717) is 28.7 Å². The predicted molar refractivity (Wildman–Crippen MR) is 122 cm³/mol. The van der Waals surface area contributed by atoms with Crippen molar-refractivity contribution in [2.24, 2.45) is 5.92 Å². The molecule has 5 rings (SSSR count). The van der Waals surface area contributed by atoms with Crippen LogP contribution in [0.2, 0.25) is 0 Å². The first-order chi connectivity index (χ1) is 16.5. The summed E-state index contributed by atoms with van der Waals surface area (Å²) in [6.07, 6.45) is 3.65. The number of hydrogen-bond acceptors (Lipinski definition) is 7. The van der Waals surface area contributed by atoms with Gasteiger partial charge >= 0.3 is 0 Å². The van der Waals surface area contributed by atoms with Gasteiger partial charge in [0, 0.05) is 24.0 Å². The van der Waals surface area contributed by atoms with Crippen molar-refractivity contribution in [3.05, 3.63) is 66.4 Å². The molecule has 11 heteroatoms. The lowest BCUT2D eigenvalue weighted by Gasteiger charge is -2.04. The van der Waals surface area contributed by atoms with Gasteiger partial charge in [0.2, 0.25) is 5.89 Å². The van der Waals surface area contributed by atoms with E-state index in [-0.39, 0.29) is 17.3 Å². The number of benzene rings is 1. The van der Waals surface area contributed by atoms with E-state index in [1.54, 1.807) is 42.6 Å². The van der Waals surface area contributed by atoms with E-state index in [0.717, 1.165) is 6.54 Å². The Morgan fingerprint density at radius 2 is 2.03 bits per heavy atom. The molecule has 3 aromatic heterocycles. The summed E-state index contributed by atoms with van der Waals surface area (Å²) in [4.78, 5) is 21.2. The van der Waals surface area contributed by atoms with Crippen molar-refractivity contribution in [3.8, 4) is 17.1 Å². The summed E-state index contributed by atoms with van der Waals surface area (Å²) in [6.45, 7) is 0.853. The summed E-state index contributed by atoms with van der Waals surface area (Å²) in [6, 6.07) is 10.0. The number of nitrogen functional groups attached to an aromatic ring is 1. The zero-order chi connectivity index (χ0) is 23.7. The number of oxazole rings is 1. The second-order valence-electron chi connectivity index (χ2n) is 8.01. The molecule has 1 aliphatic carbocycles. The second kappa shape index (κ2) is 8.93. The minimum absolute atomic E-state index is 0.0558. The molecule has 1 aromatic carbocycles. The Labute approximate surface area is 193 Å². The van der Waals surface area contributed by atoms with E-state index in [1.165, 1.54) is 30.0 Å². The smallest absolute Gasteiger partial charge is 0.284 e. The number of rotatable bonds is 8. The number of hydrogen-bond donors (Lipinski definition) is 3. The highest BCUT2D eigenvalue weighted by molar-refractivity contribution is 6.03. The number of carbonyl (C=O) groups excluding carboxylic acids is 1. The molecule has 0 unspecified atom stereocenters. The molecule has 1 saturated carbocycles. The summed E-state index contributed by atoms with van der Waals surface area (Å²) >= 11 is 0. The summed E-state index contributed by atoms with van der Waals surface area (Å²) in [5, 5.41) is 9.63. The van der Waals surface area contributed by atoms with Crippen LogP contribution in [0.5, 0.6) is 0 Å². The zero-order valence-corrected chi connectivity index (χ0v) is 17.9. The maximum atomic E-state index is 13.6. The molecule has 1 aliphatic rings. The van der Waals surface area contributed by atoms with Crippen molar-refractivity contribution in [2.45, 2.75) is 19.3 Å². The SMILES string of the molecule is Nc1ccc(-n2cc(NC(=O)c3coc(-c4ccnc(NCC5CC5)c4)n3)c(C(F)F)n2)cc1. The van der Waals surface area contributed by atoms with E-state index in [2.05, 4.69) is 25.7 Å². The second-order valence-corrected chi connectivity index (χ2v) is 8.01. The van der Waals surface area contributed by atoms with Crippen molar-refractivity contribution in [3.63, 3.8) is 0 Å². The van der Waals surface area contributed by atoms with Crippen LogP contribution >= 0.6 is 0 Å². The third kappa shape index (κ3) is 4.72. The summed E-state index contributed by atoms with van der Waals surface area (Å²) < 4.78 is 33.8. The number of pyridine rings is 1. The minimum atomic E-state index is -2.89. The highest BCUT2D eigenvalue weighted by Gasteiger charge is 2.23. The summed E-state index contributed by atoms with van der Waals surface area (Å²) in [7, 11) is 0. The molecule has 9 nitrogen and oxygen atoms in total. The number of alkyl halides is 2. The van der Waals surface area contributed by atoms with Crippen LogP contribution in [0.4, 0.5) is 26.0 Å². The number of carbonyl (C=O) groups is 1. The first kappa shape index (κ1) is 21.6. The number of nitrogens with two attached hydrogens (primary N) is 1. The molecule has 34 heavy (non-hydrogen) atoms. The Hall–Kier alpha value is -4.28. The first-order valence-electron chi connectivity index (χ1n) is 10.7. The van der Waals surface area contributed by atoms with Gasteiger partial charge in [-0.1, -0.05) is 0 Å². The van der Waals surface area contributed by atoms with Crippen molar-refractivity contribution in [1.29, 1.82) is 0 Å². The Bertz CT molecular complexity index is 1310. The predicted octanol–water partition coefficient (Wildman–Crippen LogP) is 4.52. The first-order valence-corrected chi connectivity index (χ1v) is 10.7. The van der Waals surface area contributed by atoms with Gasteiger partial charge in [-0.3, -0.25) is 4.79 Å². The van der Waals surface area contributed by atoms with Crippen molar-refractivity contribution >= 4 is 23.1 Å². The van der Waals surface area contributed by atoms with Crippen LogP contribution in [0.1, 0.15) is 35.4 Å². The highest BCUT2D eigenvalue weighted by Crippen LogP contribution is 2.30. The van der Waals surface area contributed by atoms with Crippen LogP contribution in [0.3, 0.4) is 0 Å². The third-order valence-corrected chi connectivity index (χ3v) is 5.37. The maximum absolute atomic E-state index is 13.6. The van der Waals surface area contributed by atoms with Gasteiger partial charge in [0.15, 0.2) is 11.4 Å². The number of anilines is 3. The number of nitrogens with zero attached hydrogens (tertiary/aromatic N) is 4. The molecule has 1 fully saturated rings. The Balaban J connectivity index is 1.33. The molecule has 0 atom stereocenters. The largest absolute Gasteiger partial charge is 0.444 e. The quantitative estimate of drug-likeness (QED) is 0.327. The topological polar surface area (TPSA) is 124 Å². The van der Waals surface area contributed by atoms with Gasteiger partial charge in [-0.2, -0.15) is 5.10 Å². The Morgan fingerprint density at radius 1 is 1.24 bits per heavy atom. The normalized spacial score (nSPS) is 13.3. The van der Waals surface area contributed by atoms with Crippen LogP contribution < -0.4 is 16.4 Å². The van der Waals surface area contributed by atoms with Crippen molar-refractivity contribution < 1.29 is 18.0 Å². The monoisotopic (exact) mass is 465 g/mol. The lowest BCUT2D eigenvalue weighted by atomic mass is 10.2. The molecule has 1 amide bonds. The summed E-state index contributed by atoms with van der Waals surface area (Å²) in [5.74, 6) is 0.888. The molecule has 0 saturated heterocycles. The van der Waals surface area contributed by atoms with Gasteiger partial charge in [-0.25, -0.2) is 23.4 Å². The molecular weight excluding hydrogens is 444 g/mol. The number of amides is 1. The van der Waals surface area contributed by atoms with Gasteiger partial charge < -0.3 is 20.8 Å². The van der Waals surface area contributed by atoms with E-state index >= 15 is 0 Å². The molecule has 0 radical (unpaired) electrons. The fourth-order valence-electron chi connectivity index (χ4n) is 3.33. The molecule has 3 heterocycles. The van der Waals surface area contributed by atoms with Crippen LogP contribution in [-0.4, -0.2) is 32.2 Å². The van der Waals surface area contributed by atoms with Crippen molar-refractivity contribution in [1.82, 2.24) is 19.7 Å². The summed E-state index contributed by atoms with van der Waals surface area (Å²) in [5.41, 5.74) is 6.61. The van der Waals surface area contributed by atoms with Gasteiger partial charge in [0.1, 0.15) is 12.1 Å². The Morgan fingerprint density at radius 3 is 2.76 bits per heavy atom. The standard InChI is InChI=1S/C23H21F2N7O2/c24-21(25)20-17(11-32(31-20)16-5-3-15(26)4-6-16)29-22(33)18-12-34-23(30-18)14-7-8-27-19(9-14)28-10-13-1-2-13/h3-9,11-13,21H,1-2,10,26H2,(H,27,28)(H,29,33).